The molecule has 0 radical (unpaired) electrons. The molecule has 7 nitrogen and oxygen atoms in total. The van der Waals surface area contributed by atoms with Crippen LogP contribution in [0.5, 0.6) is 0 Å². The van der Waals surface area contributed by atoms with Gasteiger partial charge in [-0.1, -0.05) is 0 Å². The van der Waals surface area contributed by atoms with Crippen molar-refractivity contribution in [1.82, 2.24) is 14.8 Å². The maximum absolute atomic E-state index is 11.1. The van der Waals surface area contributed by atoms with Gasteiger partial charge >= 0.3 is 5.97 Å². The molecule has 0 aliphatic heterocycles. The van der Waals surface area contributed by atoms with Crippen molar-refractivity contribution in [3.05, 3.63) is 5.82 Å². The predicted octanol–water partition coefficient (Wildman–Crippen LogP) is 0.0161. The first-order chi connectivity index (χ1) is 7.54. The van der Waals surface area contributed by atoms with Gasteiger partial charge in [-0.25, -0.2) is 0 Å². The van der Waals surface area contributed by atoms with Gasteiger partial charge in [-0.2, -0.15) is 9.67 Å². The largest absolute Gasteiger partial charge is 0.466 e. The smallest absolute Gasteiger partial charge is 0.306 e. The first-order valence-electron chi connectivity index (χ1n) is 4.92. The fraction of sp³-hybridized carbons (Fsp3) is 0.556. The molecule has 0 amide bonds. The molecule has 2 N–H and O–H groups in total. The molecule has 0 aliphatic carbocycles. The summed E-state index contributed by atoms with van der Waals surface area (Å²) in [7, 11) is 0. The summed E-state index contributed by atoms with van der Waals surface area (Å²) in [6, 6.07) is 0. The molecule has 0 saturated carbocycles. The summed E-state index contributed by atoms with van der Waals surface area (Å²) in [6.07, 6.45) is 0.485. The van der Waals surface area contributed by atoms with E-state index >= 15 is 0 Å². The predicted molar refractivity (Wildman–Crippen MR) is 55.7 cm³/mol. The van der Waals surface area contributed by atoms with Crippen LogP contribution in [0.25, 0.3) is 0 Å². The van der Waals surface area contributed by atoms with E-state index in [1.54, 1.807) is 6.92 Å². The van der Waals surface area contributed by atoms with Crippen LogP contribution >= 0.6 is 0 Å². The third kappa shape index (κ3) is 3.04. The van der Waals surface area contributed by atoms with Crippen molar-refractivity contribution in [2.45, 2.75) is 26.7 Å². The summed E-state index contributed by atoms with van der Waals surface area (Å²) in [6.45, 7) is 3.41. The Labute approximate surface area is 92.6 Å². The molecule has 1 rings (SSSR count). The molecule has 1 aromatic rings. The van der Waals surface area contributed by atoms with Crippen LogP contribution in [-0.4, -0.2) is 33.2 Å². The molecule has 7 heteroatoms. The second-order valence-electron chi connectivity index (χ2n) is 3.12. The number of aromatic nitrogens is 3. The number of aryl methyl sites for hydroxylation is 1. The molecule has 0 aromatic carbocycles. The molecule has 1 heterocycles. The van der Waals surface area contributed by atoms with Gasteiger partial charge in [0, 0.05) is 13.3 Å². The van der Waals surface area contributed by atoms with Crippen molar-refractivity contribution in [3.8, 4) is 0 Å². The molecule has 0 fully saturated rings. The Morgan fingerprint density at radius 1 is 1.50 bits per heavy atom. The lowest BCUT2D eigenvalue weighted by Gasteiger charge is -1.98. The van der Waals surface area contributed by atoms with Crippen LogP contribution in [0.15, 0.2) is 0 Å². The minimum absolute atomic E-state index is 0.0337. The quantitative estimate of drug-likeness (QED) is 0.726. The topological polar surface area (TPSA) is 100 Å². The Morgan fingerprint density at radius 3 is 2.69 bits per heavy atom. The number of nitrogens with two attached hydrogens (primary N) is 1. The molecule has 0 saturated heterocycles. The monoisotopic (exact) mass is 226 g/mol. The highest BCUT2D eigenvalue weighted by atomic mass is 16.5. The van der Waals surface area contributed by atoms with E-state index in [1.165, 1.54) is 6.92 Å². The van der Waals surface area contributed by atoms with Gasteiger partial charge < -0.3 is 10.5 Å². The summed E-state index contributed by atoms with van der Waals surface area (Å²) in [4.78, 5) is 25.9. The summed E-state index contributed by atoms with van der Waals surface area (Å²) >= 11 is 0. The van der Waals surface area contributed by atoms with Crippen molar-refractivity contribution in [2.24, 2.45) is 0 Å². The standard InChI is InChI=1S/C9H14N4O3/c1-3-16-8(15)5-4-7-11-9(10)13(12-7)6(2)14/h3-5H2,1-2H3,(H2,10,11,12). The Morgan fingerprint density at radius 2 is 2.19 bits per heavy atom. The number of nitrogens with zero attached hydrogens (tertiary/aromatic N) is 3. The number of nitrogen functional groups attached to an aromatic ring is 1. The van der Waals surface area contributed by atoms with E-state index in [9.17, 15) is 9.59 Å². The van der Waals surface area contributed by atoms with E-state index in [4.69, 9.17) is 10.5 Å². The fourth-order valence-electron chi connectivity index (χ4n) is 1.15. The van der Waals surface area contributed by atoms with Crippen LogP contribution in [0.1, 0.15) is 30.9 Å². The Hall–Kier alpha value is -1.92. The zero-order chi connectivity index (χ0) is 12.1. The second kappa shape index (κ2) is 5.24. The molecular formula is C9H14N4O3. The zero-order valence-electron chi connectivity index (χ0n) is 9.27. The molecule has 0 aliphatic rings. The van der Waals surface area contributed by atoms with E-state index in [0.29, 0.717) is 18.9 Å². The Bertz CT molecular complexity index is 399. The molecular weight excluding hydrogens is 212 g/mol. The molecule has 0 spiro atoms. The number of carbonyl (C=O) groups is 2. The molecule has 0 unspecified atom stereocenters. The first-order valence-corrected chi connectivity index (χ1v) is 4.92. The van der Waals surface area contributed by atoms with Gasteiger partial charge in [-0.3, -0.25) is 9.59 Å². The first kappa shape index (κ1) is 12.2. The molecule has 0 bridgehead atoms. The number of anilines is 1. The third-order valence-electron chi connectivity index (χ3n) is 1.83. The van der Waals surface area contributed by atoms with E-state index in [0.717, 1.165) is 4.68 Å². The minimum Gasteiger partial charge on any atom is -0.466 e. The van der Waals surface area contributed by atoms with Crippen molar-refractivity contribution < 1.29 is 14.3 Å². The van der Waals surface area contributed by atoms with Crippen LogP contribution in [0, 0.1) is 0 Å². The van der Waals surface area contributed by atoms with Crippen LogP contribution in [0.2, 0.25) is 0 Å². The molecule has 0 atom stereocenters. The summed E-state index contributed by atoms with van der Waals surface area (Å²) < 4.78 is 5.75. The van der Waals surface area contributed by atoms with Gasteiger partial charge in [0.1, 0.15) is 0 Å². The molecule has 16 heavy (non-hydrogen) atoms. The van der Waals surface area contributed by atoms with Crippen molar-refractivity contribution >= 4 is 17.8 Å². The number of esters is 1. The fourth-order valence-corrected chi connectivity index (χ4v) is 1.15. The maximum Gasteiger partial charge on any atom is 0.306 e. The minimum atomic E-state index is -0.319. The number of hydrogen-bond donors (Lipinski definition) is 1. The van der Waals surface area contributed by atoms with Gasteiger partial charge in [0.05, 0.1) is 13.0 Å². The van der Waals surface area contributed by atoms with Crippen LogP contribution < -0.4 is 5.73 Å². The van der Waals surface area contributed by atoms with Crippen LogP contribution in [-0.2, 0) is 16.0 Å². The highest BCUT2D eigenvalue weighted by Crippen LogP contribution is 2.03. The van der Waals surface area contributed by atoms with E-state index in [1.807, 2.05) is 0 Å². The van der Waals surface area contributed by atoms with Gasteiger partial charge in [0.2, 0.25) is 11.9 Å². The van der Waals surface area contributed by atoms with E-state index in [2.05, 4.69) is 10.1 Å². The average molecular weight is 226 g/mol. The number of ether oxygens (including phenoxy) is 1. The van der Waals surface area contributed by atoms with Gasteiger partial charge in [-0.15, -0.1) is 5.10 Å². The van der Waals surface area contributed by atoms with Crippen LogP contribution in [0.3, 0.4) is 0 Å². The maximum atomic E-state index is 11.1. The number of hydrogen-bond acceptors (Lipinski definition) is 6. The lowest BCUT2D eigenvalue weighted by atomic mass is 10.3. The zero-order valence-corrected chi connectivity index (χ0v) is 9.27. The van der Waals surface area contributed by atoms with Crippen LogP contribution in [0.4, 0.5) is 5.95 Å². The lowest BCUT2D eigenvalue weighted by molar-refractivity contribution is -0.143. The highest BCUT2D eigenvalue weighted by molar-refractivity contribution is 5.77. The van der Waals surface area contributed by atoms with Crippen molar-refractivity contribution in [2.75, 3.05) is 12.3 Å². The third-order valence-corrected chi connectivity index (χ3v) is 1.83. The number of rotatable bonds is 4. The van der Waals surface area contributed by atoms with Gasteiger partial charge in [0.25, 0.3) is 0 Å². The van der Waals surface area contributed by atoms with E-state index in [-0.39, 0.29) is 24.2 Å². The number of carbonyl (C=O) groups excluding carboxylic acids is 2. The molecule has 1 aromatic heterocycles. The van der Waals surface area contributed by atoms with Crippen molar-refractivity contribution in [3.63, 3.8) is 0 Å². The molecule has 88 valence electrons. The normalized spacial score (nSPS) is 10.1. The summed E-state index contributed by atoms with van der Waals surface area (Å²) in [5.74, 6) is -0.236. The Balaban J connectivity index is 2.58. The highest BCUT2D eigenvalue weighted by Gasteiger charge is 2.11. The Kier molecular flexibility index (Phi) is 3.98. The summed E-state index contributed by atoms with van der Waals surface area (Å²) in [5.41, 5.74) is 5.46. The van der Waals surface area contributed by atoms with Gasteiger partial charge in [-0.05, 0) is 6.92 Å². The average Bonchev–Trinajstić information content (AvgIpc) is 2.57. The summed E-state index contributed by atoms with van der Waals surface area (Å²) in [5, 5.41) is 3.86. The van der Waals surface area contributed by atoms with Gasteiger partial charge in [0.15, 0.2) is 5.82 Å². The SMILES string of the molecule is CCOC(=O)CCc1nc(N)n(C(C)=O)n1. The van der Waals surface area contributed by atoms with E-state index < -0.39 is 0 Å². The second-order valence-corrected chi connectivity index (χ2v) is 3.12. The lowest BCUT2D eigenvalue weighted by Crippen LogP contribution is -2.11. The van der Waals surface area contributed by atoms with Crippen molar-refractivity contribution in [1.29, 1.82) is 0 Å².